The second-order valence-electron chi connectivity index (χ2n) is 7.95. The van der Waals surface area contributed by atoms with Crippen LogP contribution in [0.4, 0.5) is 10.6 Å². The van der Waals surface area contributed by atoms with Gasteiger partial charge in [0.2, 0.25) is 0 Å². The van der Waals surface area contributed by atoms with Crippen molar-refractivity contribution >= 4 is 39.8 Å². The van der Waals surface area contributed by atoms with Crippen molar-refractivity contribution < 1.29 is 19.1 Å². The molecule has 3 heterocycles. The number of fused-ring (bicyclic) bond motifs is 1. The standard InChI is InChI=1S/C20H26BrN3O4/c1-6-23(16-10-22(11-16)19(26)28-20(3,4)5)18-13(2)17(27-12-25)8-15-7-14(21)9-24(15)18/h7-9,12,16H,6,10-11H2,1-5H3. The number of anilines is 1. The second kappa shape index (κ2) is 7.66. The summed E-state index contributed by atoms with van der Waals surface area (Å²) in [5, 5.41) is 0. The lowest BCUT2D eigenvalue weighted by molar-refractivity contribution is -0.120. The Morgan fingerprint density at radius 2 is 2.04 bits per heavy atom. The van der Waals surface area contributed by atoms with E-state index in [1.807, 2.05) is 46.0 Å². The van der Waals surface area contributed by atoms with E-state index in [2.05, 4.69) is 32.2 Å². The Hall–Kier alpha value is -2.22. The zero-order valence-electron chi connectivity index (χ0n) is 16.9. The molecule has 2 aromatic heterocycles. The van der Waals surface area contributed by atoms with Crippen LogP contribution in [0.1, 0.15) is 33.3 Å². The van der Waals surface area contributed by atoms with E-state index in [0.717, 1.165) is 27.9 Å². The van der Waals surface area contributed by atoms with E-state index < -0.39 is 5.60 Å². The monoisotopic (exact) mass is 451 g/mol. The Kier molecular flexibility index (Phi) is 5.61. The van der Waals surface area contributed by atoms with Crippen LogP contribution in [0.25, 0.3) is 5.52 Å². The Morgan fingerprint density at radius 1 is 1.36 bits per heavy atom. The number of pyridine rings is 1. The molecule has 28 heavy (non-hydrogen) atoms. The summed E-state index contributed by atoms with van der Waals surface area (Å²) in [4.78, 5) is 27.2. The molecule has 0 spiro atoms. The average Bonchev–Trinajstić information content (AvgIpc) is 2.90. The molecule has 0 atom stereocenters. The molecule has 2 aromatic rings. The Bertz CT molecular complexity index is 897. The topological polar surface area (TPSA) is 63.5 Å². The van der Waals surface area contributed by atoms with Crippen LogP contribution in [-0.4, -0.2) is 53.1 Å². The lowest BCUT2D eigenvalue weighted by Gasteiger charge is -2.46. The first-order chi connectivity index (χ1) is 13.1. The number of nitrogens with zero attached hydrogens (tertiary/aromatic N) is 3. The summed E-state index contributed by atoms with van der Waals surface area (Å²) in [5.41, 5.74) is 1.29. The smallest absolute Gasteiger partial charge is 0.410 e. The van der Waals surface area contributed by atoms with Gasteiger partial charge in [-0.25, -0.2) is 4.79 Å². The predicted molar refractivity (Wildman–Crippen MR) is 111 cm³/mol. The van der Waals surface area contributed by atoms with Gasteiger partial charge in [-0.1, -0.05) is 0 Å². The minimum atomic E-state index is -0.507. The van der Waals surface area contributed by atoms with Gasteiger partial charge in [-0.05, 0) is 56.6 Å². The lowest BCUT2D eigenvalue weighted by atomic mass is 10.1. The normalized spacial score (nSPS) is 14.7. The largest absolute Gasteiger partial charge is 0.444 e. The molecule has 0 aromatic carbocycles. The summed E-state index contributed by atoms with van der Waals surface area (Å²) >= 11 is 3.52. The summed E-state index contributed by atoms with van der Waals surface area (Å²) in [5.74, 6) is 1.49. The molecule has 0 N–H and O–H groups in total. The number of likely N-dealkylation sites (N-methyl/N-ethyl adjacent to an activating group) is 1. The number of carbonyl (C=O) groups excluding carboxylic acids is 2. The van der Waals surface area contributed by atoms with Crippen LogP contribution >= 0.6 is 15.9 Å². The zero-order chi connectivity index (χ0) is 20.6. The van der Waals surface area contributed by atoms with E-state index >= 15 is 0 Å². The van der Waals surface area contributed by atoms with Crippen LogP contribution in [0.5, 0.6) is 5.75 Å². The number of halogens is 1. The number of aromatic nitrogens is 1. The van der Waals surface area contributed by atoms with Gasteiger partial charge >= 0.3 is 6.09 Å². The van der Waals surface area contributed by atoms with Gasteiger partial charge in [0.25, 0.3) is 6.47 Å². The van der Waals surface area contributed by atoms with Crippen LogP contribution in [0.3, 0.4) is 0 Å². The number of likely N-dealkylation sites (tertiary alicyclic amines) is 1. The molecule has 1 aliphatic rings. The summed E-state index contributed by atoms with van der Waals surface area (Å²) < 4.78 is 13.7. The number of ether oxygens (including phenoxy) is 2. The van der Waals surface area contributed by atoms with Gasteiger partial charge in [0.05, 0.1) is 11.6 Å². The Morgan fingerprint density at radius 3 is 2.61 bits per heavy atom. The van der Waals surface area contributed by atoms with Crippen molar-refractivity contribution in [3.8, 4) is 5.75 Å². The summed E-state index contributed by atoms with van der Waals surface area (Å²) in [6, 6.07) is 3.98. The van der Waals surface area contributed by atoms with Crippen molar-refractivity contribution in [3.05, 3.63) is 28.4 Å². The van der Waals surface area contributed by atoms with Crippen molar-refractivity contribution in [3.63, 3.8) is 0 Å². The zero-order valence-corrected chi connectivity index (χ0v) is 18.4. The van der Waals surface area contributed by atoms with E-state index in [1.54, 1.807) is 4.90 Å². The Labute approximate surface area is 173 Å². The third-order valence-corrected chi connectivity index (χ3v) is 5.20. The highest BCUT2D eigenvalue weighted by Crippen LogP contribution is 2.35. The molecule has 1 amide bonds. The van der Waals surface area contributed by atoms with E-state index in [-0.39, 0.29) is 12.1 Å². The molecule has 1 aliphatic heterocycles. The van der Waals surface area contributed by atoms with Gasteiger partial charge in [-0.15, -0.1) is 0 Å². The fourth-order valence-corrected chi connectivity index (χ4v) is 3.95. The van der Waals surface area contributed by atoms with E-state index in [9.17, 15) is 9.59 Å². The van der Waals surface area contributed by atoms with Gasteiger partial charge in [0.15, 0.2) is 0 Å². The molecule has 0 aliphatic carbocycles. The SMILES string of the molecule is CCN(c1c(C)c(OC=O)cc2cc(Br)cn12)C1CN(C(=O)OC(C)(C)C)C1. The predicted octanol–water partition coefficient (Wildman–Crippen LogP) is 3.99. The van der Waals surface area contributed by atoms with Crippen molar-refractivity contribution in [2.45, 2.75) is 46.3 Å². The number of hydrogen-bond donors (Lipinski definition) is 0. The summed E-state index contributed by atoms with van der Waals surface area (Å²) in [6.07, 6.45) is 1.71. The fraction of sp³-hybridized carbons (Fsp3) is 0.500. The number of hydrogen-bond acceptors (Lipinski definition) is 5. The maximum absolute atomic E-state index is 12.3. The maximum Gasteiger partial charge on any atom is 0.410 e. The van der Waals surface area contributed by atoms with Crippen LogP contribution in [-0.2, 0) is 9.53 Å². The molecule has 0 unspecified atom stereocenters. The average molecular weight is 452 g/mol. The molecule has 1 fully saturated rings. The summed E-state index contributed by atoms with van der Waals surface area (Å²) in [6.45, 7) is 12.0. The van der Waals surface area contributed by atoms with Gasteiger partial charge in [-0.3, -0.25) is 4.79 Å². The minimum Gasteiger partial charge on any atom is -0.444 e. The van der Waals surface area contributed by atoms with Gasteiger partial charge in [-0.2, -0.15) is 0 Å². The highest BCUT2D eigenvalue weighted by atomic mass is 79.9. The van der Waals surface area contributed by atoms with Crippen molar-refractivity contribution in [1.29, 1.82) is 0 Å². The molecule has 1 saturated heterocycles. The van der Waals surface area contributed by atoms with Gasteiger partial charge in [0, 0.05) is 41.9 Å². The van der Waals surface area contributed by atoms with Crippen molar-refractivity contribution in [1.82, 2.24) is 9.30 Å². The first-order valence-electron chi connectivity index (χ1n) is 9.30. The molecular formula is C20H26BrN3O4. The third-order valence-electron chi connectivity index (χ3n) is 4.77. The number of rotatable bonds is 5. The first kappa shape index (κ1) is 20.5. The Balaban J connectivity index is 1.89. The van der Waals surface area contributed by atoms with Gasteiger partial charge < -0.3 is 23.7 Å². The van der Waals surface area contributed by atoms with Crippen molar-refractivity contribution in [2.75, 3.05) is 24.5 Å². The number of carbonyl (C=O) groups is 2. The quantitative estimate of drug-likeness (QED) is 0.642. The summed E-state index contributed by atoms with van der Waals surface area (Å²) in [7, 11) is 0. The van der Waals surface area contributed by atoms with Crippen molar-refractivity contribution in [2.24, 2.45) is 0 Å². The molecule has 0 saturated carbocycles. The van der Waals surface area contributed by atoms with Crippen LogP contribution < -0.4 is 9.64 Å². The van der Waals surface area contributed by atoms with Gasteiger partial charge in [0.1, 0.15) is 17.2 Å². The minimum absolute atomic E-state index is 0.159. The first-order valence-corrected chi connectivity index (χ1v) is 10.1. The van der Waals surface area contributed by atoms with E-state index in [1.165, 1.54) is 0 Å². The second-order valence-corrected chi connectivity index (χ2v) is 8.87. The highest BCUT2D eigenvalue weighted by molar-refractivity contribution is 9.10. The fourth-order valence-electron chi connectivity index (χ4n) is 3.51. The molecule has 8 heteroatoms. The highest BCUT2D eigenvalue weighted by Gasteiger charge is 2.38. The number of amides is 1. The van der Waals surface area contributed by atoms with E-state index in [4.69, 9.17) is 9.47 Å². The lowest BCUT2D eigenvalue weighted by Crippen LogP contribution is -2.62. The van der Waals surface area contributed by atoms with Crippen LogP contribution in [0.2, 0.25) is 0 Å². The third kappa shape index (κ3) is 3.97. The maximum atomic E-state index is 12.3. The molecule has 3 rings (SSSR count). The molecule has 0 bridgehead atoms. The molecule has 7 nitrogen and oxygen atoms in total. The molecular weight excluding hydrogens is 426 g/mol. The van der Waals surface area contributed by atoms with Crippen LogP contribution in [0, 0.1) is 6.92 Å². The molecule has 152 valence electrons. The molecule has 0 radical (unpaired) electrons. The van der Waals surface area contributed by atoms with Crippen LogP contribution in [0.15, 0.2) is 22.8 Å². The van der Waals surface area contributed by atoms with E-state index in [0.29, 0.717) is 25.3 Å².